The van der Waals surface area contributed by atoms with Gasteiger partial charge in [0.2, 0.25) is 0 Å². The first-order valence-electron chi connectivity index (χ1n) is 14.1. The van der Waals surface area contributed by atoms with Crippen LogP contribution >= 0.6 is 28.1 Å². The molecule has 1 aliphatic rings. The summed E-state index contributed by atoms with van der Waals surface area (Å²) in [6.07, 6.45) is 3.42. The molecule has 214 valence electrons. The van der Waals surface area contributed by atoms with Gasteiger partial charge in [0, 0.05) is 37.4 Å². The Balaban J connectivity index is 0.00000113. The van der Waals surface area contributed by atoms with E-state index in [9.17, 15) is 0 Å². The first-order chi connectivity index (χ1) is 20.6. The van der Waals surface area contributed by atoms with Crippen LogP contribution in [-0.4, -0.2) is 24.1 Å². The fraction of sp³-hybridized carbons (Fsp3) is 0.167. The Morgan fingerprint density at radius 2 is 1.24 bits per heavy atom. The molecule has 0 aliphatic heterocycles. The van der Waals surface area contributed by atoms with Gasteiger partial charge in [-0.1, -0.05) is 103 Å². The normalized spacial score (nSPS) is 14.8. The van der Waals surface area contributed by atoms with Crippen molar-refractivity contribution in [1.82, 2.24) is 0 Å². The van der Waals surface area contributed by atoms with Gasteiger partial charge in [-0.15, -0.1) is 0 Å². The summed E-state index contributed by atoms with van der Waals surface area (Å²) in [5, 5.41) is 4.04. The number of aliphatic imine (C=N–C) groups is 2. The van der Waals surface area contributed by atoms with Crippen LogP contribution in [0.5, 0.6) is 0 Å². The van der Waals surface area contributed by atoms with E-state index in [-0.39, 0.29) is 13.1 Å². The molecule has 6 rings (SSSR count). The van der Waals surface area contributed by atoms with E-state index in [0.29, 0.717) is 0 Å². The number of benzene rings is 5. The predicted octanol–water partition coefficient (Wildman–Crippen LogP) is 9.89. The zero-order valence-electron chi connectivity index (χ0n) is 23.8. The molecule has 0 saturated carbocycles. The van der Waals surface area contributed by atoms with Crippen molar-refractivity contribution in [2.45, 2.75) is 26.4 Å². The Labute approximate surface area is 265 Å². The first-order valence-corrected chi connectivity index (χ1v) is 19.1. The van der Waals surface area contributed by atoms with Gasteiger partial charge in [-0.05, 0) is 48.1 Å². The van der Waals surface area contributed by atoms with Gasteiger partial charge in [0.15, 0.2) is 0 Å². The van der Waals surface area contributed by atoms with Crippen molar-refractivity contribution in [3.63, 3.8) is 0 Å². The van der Waals surface area contributed by atoms with Crippen molar-refractivity contribution in [1.29, 1.82) is 0 Å². The monoisotopic (exact) mass is 651 g/mol. The average molecular weight is 652 g/mol. The van der Waals surface area contributed by atoms with Crippen molar-refractivity contribution < 1.29 is 13.1 Å². The standard InChI is InChI=1S/C36H33N2P.2ClH.Fe/c1-26-13-9-14-27(2)34(26)38-36-32-22-11-18-29-17-10-21-31(33(29)32)35(36)37-23-12-24-39(30-19-7-4-8-20-30)25-28-15-5-3-6-16-28;;;/h3-11,13-22H,12,23-25H2,1-2H3;2*1H;/q;;;+2/p-1. The maximum atomic E-state index is 5.29. The molecule has 0 amide bonds. The van der Waals surface area contributed by atoms with Crippen molar-refractivity contribution in [3.05, 3.63) is 143 Å². The number of hydrogen-bond donors (Lipinski definition) is 0. The van der Waals surface area contributed by atoms with Crippen molar-refractivity contribution >= 4 is 61.3 Å². The van der Waals surface area contributed by atoms with Gasteiger partial charge in [0.05, 0.1) is 34.7 Å². The van der Waals surface area contributed by atoms with E-state index in [0.717, 1.165) is 36.2 Å². The molecular weight excluding hydrogens is 618 g/mol. The fourth-order valence-electron chi connectivity index (χ4n) is 5.69. The molecule has 5 aromatic rings. The summed E-state index contributed by atoms with van der Waals surface area (Å²) in [7, 11) is 8.79. The molecule has 0 fully saturated rings. The quantitative estimate of drug-likeness (QED) is 0.0906. The number of halogens is 2. The third-order valence-electron chi connectivity index (χ3n) is 7.65. The van der Waals surface area contributed by atoms with Crippen LogP contribution in [0.25, 0.3) is 10.8 Å². The molecule has 1 atom stereocenters. The van der Waals surface area contributed by atoms with Gasteiger partial charge < -0.3 is 0 Å². The summed E-state index contributed by atoms with van der Waals surface area (Å²) < 4.78 is 0. The topological polar surface area (TPSA) is 24.7 Å². The summed E-state index contributed by atoms with van der Waals surface area (Å²) in [5.74, 6) is 0. The van der Waals surface area contributed by atoms with E-state index in [1.807, 2.05) is 0 Å². The van der Waals surface area contributed by atoms with E-state index < -0.39 is 7.92 Å². The van der Waals surface area contributed by atoms with Gasteiger partial charge in [0.1, 0.15) is 0 Å². The van der Waals surface area contributed by atoms with Gasteiger partial charge in [-0.3, -0.25) is 4.99 Å². The van der Waals surface area contributed by atoms with Crippen LogP contribution in [0.3, 0.4) is 0 Å². The van der Waals surface area contributed by atoms with Crippen molar-refractivity contribution in [2.75, 3.05) is 12.7 Å². The SMILES string of the molecule is Cc1cccc(C)c1N=C1C(=NCCC[PH+](Cc2ccccc2)c2ccccc2)c2cccc3cccc1c23.[Cl][Fe][Cl]. The third-order valence-corrected chi connectivity index (χ3v) is 10.6. The second-order valence-corrected chi connectivity index (χ2v) is 14.9. The van der Waals surface area contributed by atoms with Gasteiger partial charge in [0.25, 0.3) is 0 Å². The Morgan fingerprint density at radius 1 is 0.667 bits per heavy atom. The number of nitrogens with zero attached hydrogens (tertiary/aromatic N) is 2. The van der Waals surface area contributed by atoms with E-state index >= 15 is 0 Å². The van der Waals surface area contributed by atoms with Crippen LogP contribution < -0.4 is 5.30 Å². The maximum absolute atomic E-state index is 5.29. The summed E-state index contributed by atoms with van der Waals surface area (Å²) in [4.78, 5) is 10.6. The fourth-order valence-corrected chi connectivity index (χ4v) is 8.34. The molecule has 5 aromatic carbocycles. The molecule has 0 heterocycles. The van der Waals surface area contributed by atoms with Crippen LogP contribution in [0.1, 0.15) is 34.2 Å². The molecule has 2 nitrogen and oxygen atoms in total. The molecular formula is C36H34Cl2FeN2P+. The van der Waals surface area contributed by atoms with E-state index in [2.05, 4.69) is 129 Å². The Bertz CT molecular complexity index is 1680. The van der Waals surface area contributed by atoms with Crippen molar-refractivity contribution in [3.8, 4) is 0 Å². The molecule has 0 spiro atoms. The number of rotatable bonds is 8. The molecule has 1 aliphatic carbocycles. The number of aryl methyl sites for hydroxylation is 2. The second-order valence-electron chi connectivity index (χ2n) is 10.4. The van der Waals surface area contributed by atoms with Crippen LogP contribution in [0.4, 0.5) is 5.69 Å². The van der Waals surface area contributed by atoms with Gasteiger partial charge in [-0.25, -0.2) is 4.99 Å². The average Bonchev–Trinajstić information content (AvgIpc) is 3.31. The summed E-state index contributed by atoms with van der Waals surface area (Å²) in [6, 6.07) is 41.5. The minimum atomic E-state index is -0.735. The zero-order valence-corrected chi connectivity index (χ0v) is 27.4. The molecule has 42 heavy (non-hydrogen) atoms. The van der Waals surface area contributed by atoms with E-state index in [1.165, 1.54) is 50.1 Å². The Morgan fingerprint density at radius 3 is 1.88 bits per heavy atom. The molecule has 0 N–H and O–H groups in total. The van der Waals surface area contributed by atoms with E-state index in [4.69, 9.17) is 30.2 Å². The molecule has 0 saturated heterocycles. The summed E-state index contributed by atoms with van der Waals surface area (Å²) >= 11 is 0.194. The van der Waals surface area contributed by atoms with E-state index in [1.54, 1.807) is 0 Å². The Kier molecular flexibility index (Phi) is 11.0. The molecule has 6 heteroatoms. The zero-order chi connectivity index (χ0) is 29.3. The first kappa shape index (κ1) is 30.7. The minimum absolute atomic E-state index is 0.194. The molecule has 1 unspecified atom stereocenters. The molecule has 0 radical (unpaired) electrons. The van der Waals surface area contributed by atoms with Gasteiger partial charge in [-0.2, -0.15) is 0 Å². The number of para-hydroxylation sites is 1. The van der Waals surface area contributed by atoms with Crippen LogP contribution in [0.15, 0.2) is 125 Å². The second kappa shape index (κ2) is 15.1. The van der Waals surface area contributed by atoms with Crippen LogP contribution in [-0.2, 0) is 19.3 Å². The molecule has 0 bridgehead atoms. The van der Waals surface area contributed by atoms with Crippen LogP contribution in [0, 0.1) is 13.8 Å². The summed E-state index contributed by atoms with van der Waals surface area (Å²) in [5.41, 5.74) is 9.35. The van der Waals surface area contributed by atoms with Gasteiger partial charge >= 0.3 is 33.3 Å². The van der Waals surface area contributed by atoms with Crippen LogP contribution in [0.2, 0.25) is 0 Å². The predicted molar refractivity (Wildman–Crippen MR) is 183 cm³/mol. The summed E-state index contributed by atoms with van der Waals surface area (Å²) in [6.45, 7) is 5.10. The number of hydrogen-bond acceptors (Lipinski definition) is 2. The van der Waals surface area contributed by atoms with Crippen molar-refractivity contribution in [2.24, 2.45) is 9.98 Å². The third kappa shape index (κ3) is 7.23. The Hall–Kier alpha value is -2.77. The molecule has 0 aromatic heterocycles.